The number of piperidine rings is 1. The molecule has 0 radical (unpaired) electrons. The largest absolute Gasteiger partial charge is 0.741 e. The van der Waals surface area contributed by atoms with Crippen LogP contribution in [0.3, 0.4) is 0 Å². The molecule has 0 amide bonds. The van der Waals surface area contributed by atoms with Crippen LogP contribution in [-0.2, 0) is 27.7 Å². The van der Waals surface area contributed by atoms with Gasteiger partial charge in [-0.15, -0.1) is 5.10 Å². The number of benzene rings is 1. The van der Waals surface area contributed by atoms with E-state index in [4.69, 9.17) is 12.6 Å². The molecular formula is C18H19ClCuN4S. The quantitative estimate of drug-likeness (QED) is 0.248. The van der Waals surface area contributed by atoms with Gasteiger partial charge in [-0.2, -0.15) is 5.10 Å². The van der Waals surface area contributed by atoms with E-state index in [-0.39, 0.29) is 0 Å². The van der Waals surface area contributed by atoms with Crippen molar-refractivity contribution in [3.63, 3.8) is 0 Å². The van der Waals surface area contributed by atoms with Crippen molar-refractivity contribution in [3.05, 3.63) is 66.0 Å². The minimum absolute atomic E-state index is 0.564. The van der Waals surface area contributed by atoms with Gasteiger partial charge < -0.3 is 17.5 Å². The molecule has 3 rings (SSSR count). The van der Waals surface area contributed by atoms with Gasteiger partial charge in [0, 0.05) is 30.0 Å². The molecule has 2 aromatic rings. The summed E-state index contributed by atoms with van der Waals surface area (Å²) in [6.07, 6.45) is 5.37. The molecule has 0 N–H and O–H groups in total. The maximum Gasteiger partial charge on any atom is 0.118 e. The summed E-state index contributed by atoms with van der Waals surface area (Å²) in [5.74, 6) is 0. The Balaban J connectivity index is 0.00000109. The summed E-state index contributed by atoms with van der Waals surface area (Å²) in [4.78, 5) is 6.53. The fourth-order valence-corrected chi connectivity index (χ4v) is 2.82. The van der Waals surface area contributed by atoms with Crippen LogP contribution in [0.5, 0.6) is 0 Å². The zero-order valence-electron chi connectivity index (χ0n) is 13.6. The zero-order valence-corrected chi connectivity index (χ0v) is 16.1. The Hall–Kier alpha value is -1.46. The van der Waals surface area contributed by atoms with Gasteiger partial charge in [-0.1, -0.05) is 36.4 Å². The predicted octanol–water partition coefficient (Wildman–Crippen LogP) is 3.91. The predicted molar refractivity (Wildman–Crippen MR) is 102 cm³/mol. The molecule has 1 aromatic carbocycles. The summed E-state index contributed by atoms with van der Waals surface area (Å²) in [5, 5.41) is 9.31. The Bertz CT molecular complexity index is 647. The monoisotopic (exact) mass is 421 g/mol. The average molecular weight is 422 g/mol. The molecule has 0 unspecified atom stereocenters. The number of rotatable bonds is 3. The van der Waals surface area contributed by atoms with Crippen molar-refractivity contribution in [2.75, 3.05) is 13.1 Å². The van der Waals surface area contributed by atoms with E-state index in [9.17, 15) is 0 Å². The van der Waals surface area contributed by atoms with Gasteiger partial charge >= 0.3 is 25.2 Å². The summed E-state index contributed by atoms with van der Waals surface area (Å²) in [6.45, 7) is 1.95. The number of likely N-dealkylation sites (tertiary alicyclic amines) is 1. The van der Waals surface area contributed by atoms with Crippen LogP contribution in [0.2, 0.25) is 0 Å². The average Bonchev–Trinajstić information content (AvgIpc) is 2.72. The molecule has 4 nitrogen and oxygen atoms in total. The Morgan fingerprint density at radius 1 is 0.960 bits per heavy atom. The Morgan fingerprint density at radius 3 is 2.28 bits per heavy atom. The summed E-state index contributed by atoms with van der Waals surface area (Å²) >= 11 is 9.08. The summed E-state index contributed by atoms with van der Waals surface area (Å²) in [6, 6.07) is 15.7. The molecule has 0 aliphatic carbocycles. The third kappa shape index (κ3) is 6.08. The minimum atomic E-state index is 0.564. The summed E-state index contributed by atoms with van der Waals surface area (Å²) in [7, 11) is 4.20. The van der Waals surface area contributed by atoms with Gasteiger partial charge in [0.1, 0.15) is 5.71 Å². The zero-order chi connectivity index (χ0) is 17.9. The Morgan fingerprint density at radius 2 is 1.64 bits per heavy atom. The molecule has 0 atom stereocenters. The maximum absolute atomic E-state index is 5.42. The first-order valence-corrected chi connectivity index (χ1v) is 9.71. The number of amidine groups is 1. The van der Waals surface area contributed by atoms with Gasteiger partial charge in [0.05, 0.1) is 5.69 Å². The van der Waals surface area contributed by atoms with Gasteiger partial charge in [0.25, 0.3) is 0 Å². The normalized spacial score (nSPS) is 15.4. The molecule has 7 heteroatoms. The van der Waals surface area contributed by atoms with Crippen LogP contribution in [0.1, 0.15) is 30.5 Å². The number of halogens is 1. The first-order valence-electron chi connectivity index (χ1n) is 8.00. The second-order valence-electron chi connectivity index (χ2n) is 5.46. The number of hydrogen-bond acceptors (Lipinski definition) is 4. The van der Waals surface area contributed by atoms with Gasteiger partial charge in [-0.25, -0.2) is 0 Å². The van der Waals surface area contributed by atoms with Crippen LogP contribution in [0.25, 0.3) is 0 Å². The van der Waals surface area contributed by atoms with Crippen LogP contribution in [0, 0.1) is 0 Å². The SMILES string of the molecule is [Cl][Cu+].[S-]/C(=N\N=C(/c1ccccc1)c1ccccn1)N1CCCCC1. The smallest absolute Gasteiger partial charge is 0.118 e. The molecular weight excluding hydrogens is 403 g/mol. The van der Waals surface area contributed by atoms with Gasteiger partial charge in [0.15, 0.2) is 0 Å². The van der Waals surface area contributed by atoms with E-state index in [0.717, 1.165) is 30.1 Å². The van der Waals surface area contributed by atoms with E-state index in [1.807, 2.05) is 48.5 Å². The van der Waals surface area contributed by atoms with Crippen molar-refractivity contribution in [2.24, 2.45) is 10.2 Å². The van der Waals surface area contributed by atoms with E-state index in [0.29, 0.717) is 5.17 Å². The number of nitrogens with zero attached hydrogens (tertiary/aromatic N) is 4. The molecule has 1 saturated heterocycles. The van der Waals surface area contributed by atoms with Gasteiger partial charge in [-0.05, 0) is 31.4 Å². The maximum atomic E-state index is 5.42. The first-order chi connectivity index (χ1) is 12.3. The van der Waals surface area contributed by atoms with Crippen LogP contribution < -0.4 is 0 Å². The molecule has 2 heterocycles. The van der Waals surface area contributed by atoms with E-state index in [1.54, 1.807) is 6.20 Å². The molecule has 0 saturated carbocycles. The van der Waals surface area contributed by atoms with Crippen LogP contribution in [0.15, 0.2) is 64.9 Å². The van der Waals surface area contributed by atoms with Crippen molar-refractivity contribution in [1.82, 2.24) is 9.88 Å². The minimum Gasteiger partial charge on any atom is -0.741 e. The Labute approximate surface area is 166 Å². The van der Waals surface area contributed by atoms with Crippen molar-refractivity contribution in [3.8, 4) is 0 Å². The summed E-state index contributed by atoms with van der Waals surface area (Å²) in [5.41, 5.74) is 2.52. The second-order valence-corrected chi connectivity index (χ2v) is 5.83. The van der Waals surface area contributed by atoms with Crippen LogP contribution in [0.4, 0.5) is 0 Å². The number of aromatic nitrogens is 1. The molecule has 1 aliphatic heterocycles. The van der Waals surface area contributed by atoms with Crippen LogP contribution in [-0.4, -0.2) is 33.9 Å². The third-order valence-electron chi connectivity index (χ3n) is 3.82. The molecule has 25 heavy (non-hydrogen) atoms. The van der Waals surface area contributed by atoms with E-state index in [2.05, 4.69) is 45.3 Å². The Kier molecular flexibility index (Phi) is 8.91. The standard InChI is InChI=1S/C18H20N4S.ClH.Cu/c23-18(22-13-7-2-8-14-22)21-20-17(15-9-3-1-4-10-15)16-11-5-6-12-19-16;;/h1,3-6,9-12H,2,7-8,13-14H2,(H,21,23);1H;/q;;+2/p-2/b20-17+;;. The molecule has 1 fully saturated rings. The topological polar surface area (TPSA) is 40.9 Å². The fraction of sp³-hybridized carbons (Fsp3) is 0.278. The van der Waals surface area contributed by atoms with Crippen molar-refractivity contribution < 1.29 is 15.1 Å². The van der Waals surface area contributed by atoms with Gasteiger partial charge in [0.2, 0.25) is 0 Å². The van der Waals surface area contributed by atoms with Crippen molar-refractivity contribution >= 4 is 33.6 Å². The van der Waals surface area contributed by atoms with E-state index in [1.165, 1.54) is 19.3 Å². The van der Waals surface area contributed by atoms with Crippen molar-refractivity contribution in [2.45, 2.75) is 19.3 Å². The molecule has 0 spiro atoms. The second kappa shape index (κ2) is 11.2. The fourth-order valence-electron chi connectivity index (χ4n) is 2.60. The first kappa shape index (κ1) is 19.9. The molecule has 0 bridgehead atoms. The van der Waals surface area contributed by atoms with E-state index < -0.39 is 0 Å². The van der Waals surface area contributed by atoms with Crippen molar-refractivity contribution in [1.29, 1.82) is 0 Å². The molecule has 1 aromatic heterocycles. The number of pyridine rings is 1. The van der Waals surface area contributed by atoms with Crippen LogP contribution >= 0.6 is 10.1 Å². The number of hydrogen-bond donors (Lipinski definition) is 0. The molecule has 1 aliphatic rings. The summed E-state index contributed by atoms with van der Waals surface area (Å²) < 4.78 is 0. The van der Waals surface area contributed by atoms with Gasteiger partial charge in [-0.3, -0.25) is 4.98 Å². The third-order valence-corrected chi connectivity index (χ3v) is 4.16. The van der Waals surface area contributed by atoms with E-state index >= 15 is 0 Å². The molecule has 135 valence electrons.